The molecule has 0 bridgehead atoms. The van der Waals surface area contributed by atoms with E-state index in [1.165, 1.54) is 31.4 Å². The van der Waals surface area contributed by atoms with Crippen LogP contribution < -0.4 is 10.1 Å². The second kappa shape index (κ2) is 9.77. The molecule has 1 saturated heterocycles. The number of rotatable bonds is 6. The van der Waals surface area contributed by atoms with Crippen molar-refractivity contribution < 1.29 is 24.0 Å². The molecule has 43 heavy (non-hydrogen) atoms. The van der Waals surface area contributed by atoms with Crippen LogP contribution in [0.4, 0.5) is 11.4 Å². The summed E-state index contributed by atoms with van der Waals surface area (Å²) in [6.45, 7) is 0. The van der Waals surface area contributed by atoms with Gasteiger partial charge in [0.1, 0.15) is 17.2 Å². The highest BCUT2D eigenvalue weighted by Crippen LogP contribution is 2.62. The van der Waals surface area contributed by atoms with Crippen LogP contribution in [0.1, 0.15) is 43.4 Å². The monoisotopic (exact) mass is 571 g/mol. The third kappa shape index (κ3) is 3.67. The number of nitro groups is 1. The highest BCUT2D eigenvalue weighted by atomic mass is 16.6. The molecule has 7 rings (SSSR count). The minimum Gasteiger partial charge on any atom is -0.496 e. The molecule has 3 aliphatic rings. The van der Waals surface area contributed by atoms with Gasteiger partial charge in [-0.25, -0.2) is 0 Å². The first-order valence-corrected chi connectivity index (χ1v) is 13.8. The van der Waals surface area contributed by atoms with Gasteiger partial charge >= 0.3 is 0 Å². The van der Waals surface area contributed by atoms with Crippen molar-refractivity contribution in [3.8, 4) is 5.75 Å². The zero-order valence-electron chi connectivity index (χ0n) is 23.0. The Morgan fingerprint density at radius 2 is 1.67 bits per heavy atom. The van der Waals surface area contributed by atoms with E-state index in [1.807, 2.05) is 41.3 Å². The van der Waals surface area contributed by atoms with Crippen molar-refractivity contribution in [3.63, 3.8) is 0 Å². The lowest BCUT2D eigenvalue weighted by molar-refractivity contribution is -0.384. The number of non-ortho nitro benzene ring substituents is 1. The molecule has 0 unspecified atom stereocenters. The molecule has 0 saturated carbocycles. The van der Waals surface area contributed by atoms with E-state index in [9.17, 15) is 24.5 Å². The van der Waals surface area contributed by atoms with Crippen LogP contribution >= 0.6 is 0 Å². The summed E-state index contributed by atoms with van der Waals surface area (Å²) < 4.78 is 5.54. The minimum atomic E-state index is -1.54. The second-order valence-corrected chi connectivity index (χ2v) is 10.8. The van der Waals surface area contributed by atoms with Crippen LogP contribution in [0.3, 0.4) is 0 Å². The van der Waals surface area contributed by atoms with Crippen molar-refractivity contribution >= 4 is 34.9 Å². The maximum Gasteiger partial charge on any atom is 0.270 e. The predicted molar refractivity (Wildman–Crippen MR) is 159 cm³/mol. The Morgan fingerprint density at radius 3 is 2.49 bits per heavy atom. The molecule has 1 spiro atoms. The highest BCUT2D eigenvalue weighted by molar-refractivity contribution is 6.17. The van der Waals surface area contributed by atoms with Crippen molar-refractivity contribution in [1.82, 2.24) is 4.90 Å². The molecule has 9 nitrogen and oxygen atoms in total. The second-order valence-electron chi connectivity index (χ2n) is 10.8. The minimum absolute atomic E-state index is 0.0469. The lowest BCUT2D eigenvalue weighted by atomic mass is 9.62. The molecule has 4 aromatic carbocycles. The Balaban J connectivity index is 1.54. The zero-order valence-corrected chi connectivity index (χ0v) is 23.0. The number of Topliss-reactive ketones (excluding diaryl/α,β-unsaturated/α-hetero) is 2. The number of carbonyl (C=O) groups is 3. The molecule has 1 amide bonds. The first-order chi connectivity index (χ1) is 20.9. The van der Waals surface area contributed by atoms with Crippen LogP contribution in [0.5, 0.6) is 5.75 Å². The third-order valence-electron chi connectivity index (χ3n) is 8.84. The van der Waals surface area contributed by atoms with Crippen molar-refractivity contribution in [2.24, 2.45) is 5.92 Å². The number of ether oxygens (including phenoxy) is 1. The number of methoxy groups -OCH3 is 1. The van der Waals surface area contributed by atoms with E-state index in [-0.39, 0.29) is 16.8 Å². The van der Waals surface area contributed by atoms with E-state index in [4.69, 9.17) is 4.74 Å². The summed E-state index contributed by atoms with van der Waals surface area (Å²) in [5.41, 5.74) is 1.33. The van der Waals surface area contributed by atoms with Crippen LogP contribution in [0.2, 0.25) is 0 Å². The Hall–Kier alpha value is -5.57. The van der Waals surface area contributed by atoms with Crippen LogP contribution in [0.15, 0.2) is 103 Å². The molecule has 1 N–H and O–H groups in total. The first kappa shape index (κ1) is 26.3. The number of amides is 1. The topological polar surface area (TPSA) is 119 Å². The summed E-state index contributed by atoms with van der Waals surface area (Å²) in [5.74, 6) is -2.26. The number of nitrogens with one attached hydrogen (secondary N) is 1. The standard InChI is InChI=1S/C34H25N3O6/c1-43-27-16-7-4-13-24(27)31(39)29-28(30(38)21-10-8-11-22(19-21)37(41)42)34(25-14-5-6-15-26(25)35-33(34)40)32-23-12-3-2-9-20(23)17-18-36(29)32/h2-19,28-29,32H,1H3,(H,35,40)/t28-,29+,32-,34+/m1/s1. The van der Waals surface area contributed by atoms with E-state index in [0.717, 1.165) is 11.1 Å². The number of nitrogens with zero attached hydrogens (tertiary/aromatic N) is 2. The third-order valence-corrected chi connectivity index (χ3v) is 8.84. The Kier molecular flexibility index (Phi) is 5.98. The molecule has 4 aromatic rings. The van der Waals surface area contributed by atoms with Gasteiger partial charge in [-0.2, -0.15) is 0 Å². The lowest BCUT2D eigenvalue weighted by Gasteiger charge is -2.38. The van der Waals surface area contributed by atoms with Crippen molar-refractivity contribution in [1.29, 1.82) is 0 Å². The van der Waals surface area contributed by atoms with Gasteiger partial charge in [-0.1, -0.05) is 66.7 Å². The Bertz CT molecular complexity index is 1880. The Labute approximate surface area is 246 Å². The summed E-state index contributed by atoms with van der Waals surface area (Å²) in [6, 6.07) is 25.2. The van der Waals surface area contributed by atoms with Gasteiger partial charge < -0.3 is 15.0 Å². The largest absolute Gasteiger partial charge is 0.496 e. The summed E-state index contributed by atoms with van der Waals surface area (Å²) >= 11 is 0. The number of hydrogen-bond donors (Lipinski definition) is 1. The number of nitro benzene ring substituents is 1. The van der Waals surface area contributed by atoms with Crippen LogP contribution in [0, 0.1) is 16.0 Å². The summed E-state index contributed by atoms with van der Waals surface area (Å²) in [7, 11) is 1.47. The fourth-order valence-electron chi connectivity index (χ4n) is 7.13. The number of ketones is 2. The normalized spacial score (nSPS) is 22.9. The zero-order chi connectivity index (χ0) is 29.9. The number of fused-ring (bicyclic) bond motifs is 6. The summed E-state index contributed by atoms with van der Waals surface area (Å²) in [6.07, 6.45) is 3.66. The van der Waals surface area contributed by atoms with E-state index >= 15 is 0 Å². The van der Waals surface area contributed by atoms with E-state index < -0.39 is 45.8 Å². The molecule has 1 fully saturated rings. The molecule has 212 valence electrons. The number of benzene rings is 4. The average Bonchev–Trinajstić information content (AvgIpc) is 3.52. The molecule has 0 aromatic heterocycles. The fourth-order valence-corrected chi connectivity index (χ4v) is 7.13. The van der Waals surface area contributed by atoms with Gasteiger partial charge in [0.2, 0.25) is 5.91 Å². The molecule has 0 radical (unpaired) electrons. The van der Waals surface area contributed by atoms with Crippen molar-refractivity contribution in [2.75, 3.05) is 12.4 Å². The fraction of sp³-hybridized carbons (Fsp3) is 0.147. The quantitative estimate of drug-likeness (QED) is 0.182. The van der Waals surface area contributed by atoms with Gasteiger partial charge in [0, 0.05) is 29.6 Å². The number of carbonyl (C=O) groups excluding carboxylic acids is 3. The van der Waals surface area contributed by atoms with E-state index in [2.05, 4.69) is 5.32 Å². The van der Waals surface area contributed by atoms with Gasteiger partial charge in [-0.05, 0) is 41.0 Å². The number of anilines is 1. The smallest absolute Gasteiger partial charge is 0.270 e. The van der Waals surface area contributed by atoms with Gasteiger partial charge in [0.15, 0.2) is 11.6 Å². The molecule has 3 heterocycles. The van der Waals surface area contributed by atoms with Crippen molar-refractivity contribution in [3.05, 3.63) is 141 Å². The van der Waals surface area contributed by atoms with E-state index in [0.29, 0.717) is 17.0 Å². The van der Waals surface area contributed by atoms with Gasteiger partial charge in [-0.15, -0.1) is 0 Å². The van der Waals surface area contributed by atoms with Gasteiger partial charge in [0.05, 0.1) is 29.6 Å². The SMILES string of the molecule is COc1ccccc1C(=O)[C@@H]1[C@H](C(=O)c2cccc([N+](=O)[O-])c2)[C@]2(C(=O)Nc3ccccc32)[C@H]2c3ccccc3C=CN12. The predicted octanol–water partition coefficient (Wildman–Crippen LogP) is 5.59. The molecule has 0 aliphatic carbocycles. The van der Waals surface area contributed by atoms with E-state index in [1.54, 1.807) is 48.7 Å². The first-order valence-electron chi connectivity index (χ1n) is 13.8. The molecule has 9 heteroatoms. The van der Waals surface area contributed by atoms with Gasteiger partial charge in [-0.3, -0.25) is 24.5 Å². The maximum atomic E-state index is 14.9. The number of para-hydroxylation sites is 2. The molecule has 3 aliphatic heterocycles. The van der Waals surface area contributed by atoms with Crippen LogP contribution in [-0.4, -0.2) is 40.4 Å². The highest BCUT2D eigenvalue weighted by Gasteiger charge is 2.70. The lowest BCUT2D eigenvalue weighted by Crippen LogP contribution is -2.49. The van der Waals surface area contributed by atoms with Crippen LogP contribution in [-0.2, 0) is 10.2 Å². The molecular formula is C34H25N3O6. The number of hydrogen-bond acceptors (Lipinski definition) is 7. The summed E-state index contributed by atoms with van der Waals surface area (Å²) in [4.78, 5) is 57.0. The molecular weight excluding hydrogens is 546 g/mol. The summed E-state index contributed by atoms with van der Waals surface area (Å²) in [5, 5.41) is 14.7. The maximum absolute atomic E-state index is 14.9. The molecule has 4 atom stereocenters. The Morgan fingerprint density at radius 1 is 0.930 bits per heavy atom. The van der Waals surface area contributed by atoms with Gasteiger partial charge in [0.25, 0.3) is 5.69 Å². The van der Waals surface area contributed by atoms with Crippen molar-refractivity contribution in [2.45, 2.75) is 17.5 Å². The van der Waals surface area contributed by atoms with Crippen LogP contribution in [0.25, 0.3) is 6.08 Å². The average molecular weight is 572 g/mol.